The fourth-order valence-corrected chi connectivity index (χ4v) is 2.20. The Morgan fingerprint density at radius 1 is 1.18 bits per heavy atom. The van der Waals surface area contributed by atoms with Crippen molar-refractivity contribution in [2.75, 3.05) is 0 Å². The Morgan fingerprint density at radius 2 is 1.94 bits per heavy atom. The second kappa shape index (κ2) is 5.80. The number of nitrogens with two attached hydrogens (primary N) is 1. The number of aryl methyl sites for hydroxylation is 1. The zero-order valence-corrected chi connectivity index (χ0v) is 10.6. The standard InChI is InChI=1S/C13H15N3S/c1-10-3-2-4-11(5-10)9-17-13-15-7-12(6-14)8-16-13/h2-5,7-8H,6,9,14H2,1H3. The van der Waals surface area contributed by atoms with Crippen molar-refractivity contribution in [1.29, 1.82) is 0 Å². The summed E-state index contributed by atoms with van der Waals surface area (Å²) in [5.74, 6) is 0.893. The molecule has 0 saturated heterocycles. The molecule has 0 aliphatic carbocycles. The highest BCUT2D eigenvalue weighted by Crippen LogP contribution is 2.19. The molecule has 0 unspecified atom stereocenters. The first-order chi connectivity index (χ1) is 8.28. The van der Waals surface area contributed by atoms with Crippen LogP contribution < -0.4 is 5.73 Å². The lowest BCUT2D eigenvalue weighted by atomic mass is 10.2. The molecule has 88 valence electrons. The maximum absolute atomic E-state index is 5.49. The van der Waals surface area contributed by atoms with Gasteiger partial charge < -0.3 is 5.73 Å². The first-order valence-electron chi connectivity index (χ1n) is 5.47. The molecule has 0 saturated carbocycles. The predicted octanol–water partition coefficient (Wildman–Crippen LogP) is 2.54. The molecule has 0 bridgehead atoms. The van der Waals surface area contributed by atoms with Crippen LogP contribution in [-0.2, 0) is 12.3 Å². The third-order valence-electron chi connectivity index (χ3n) is 2.37. The highest BCUT2D eigenvalue weighted by atomic mass is 32.2. The Labute approximate surface area is 105 Å². The first-order valence-corrected chi connectivity index (χ1v) is 6.46. The zero-order valence-electron chi connectivity index (χ0n) is 9.76. The van der Waals surface area contributed by atoms with Gasteiger partial charge in [0.1, 0.15) is 0 Å². The molecule has 0 aliphatic heterocycles. The van der Waals surface area contributed by atoms with Crippen LogP contribution in [0.15, 0.2) is 41.8 Å². The van der Waals surface area contributed by atoms with Crippen LogP contribution in [0, 0.1) is 6.92 Å². The van der Waals surface area contributed by atoms with Crippen molar-refractivity contribution < 1.29 is 0 Å². The van der Waals surface area contributed by atoms with Gasteiger partial charge in [-0.1, -0.05) is 41.6 Å². The normalized spacial score (nSPS) is 10.5. The monoisotopic (exact) mass is 245 g/mol. The molecule has 0 atom stereocenters. The van der Waals surface area contributed by atoms with Gasteiger partial charge in [-0.25, -0.2) is 9.97 Å². The summed E-state index contributed by atoms with van der Waals surface area (Å²) in [5.41, 5.74) is 9.03. The Kier molecular flexibility index (Phi) is 4.12. The summed E-state index contributed by atoms with van der Waals surface area (Å²) < 4.78 is 0. The van der Waals surface area contributed by atoms with Crippen LogP contribution in [0.2, 0.25) is 0 Å². The third kappa shape index (κ3) is 3.54. The van der Waals surface area contributed by atoms with Gasteiger partial charge in [-0.15, -0.1) is 0 Å². The molecule has 1 heterocycles. The summed E-state index contributed by atoms with van der Waals surface area (Å²) >= 11 is 1.64. The Balaban J connectivity index is 1.97. The molecule has 0 amide bonds. The molecule has 1 aromatic heterocycles. The number of benzene rings is 1. The molecular formula is C13H15N3S. The molecule has 2 N–H and O–H groups in total. The average molecular weight is 245 g/mol. The fraction of sp³-hybridized carbons (Fsp3) is 0.231. The summed E-state index contributed by atoms with van der Waals surface area (Å²) in [7, 11) is 0. The minimum absolute atomic E-state index is 0.489. The van der Waals surface area contributed by atoms with Crippen molar-refractivity contribution >= 4 is 11.8 Å². The predicted molar refractivity (Wildman–Crippen MR) is 70.7 cm³/mol. The number of rotatable bonds is 4. The molecule has 0 aliphatic rings. The van der Waals surface area contributed by atoms with E-state index in [1.165, 1.54) is 11.1 Å². The Bertz CT molecular complexity index is 482. The fourth-order valence-electron chi connectivity index (χ4n) is 1.47. The lowest BCUT2D eigenvalue weighted by molar-refractivity contribution is 0.913. The van der Waals surface area contributed by atoms with E-state index < -0.39 is 0 Å². The number of hydrogen-bond acceptors (Lipinski definition) is 4. The maximum atomic E-state index is 5.49. The van der Waals surface area contributed by atoms with E-state index in [4.69, 9.17) is 5.73 Å². The van der Waals surface area contributed by atoms with Gasteiger partial charge in [0.2, 0.25) is 0 Å². The SMILES string of the molecule is Cc1cccc(CSc2ncc(CN)cn2)c1. The van der Waals surface area contributed by atoms with Crippen molar-refractivity contribution in [2.45, 2.75) is 24.4 Å². The van der Waals surface area contributed by atoms with Gasteiger partial charge in [-0.05, 0) is 12.5 Å². The van der Waals surface area contributed by atoms with E-state index in [0.717, 1.165) is 16.5 Å². The van der Waals surface area contributed by atoms with E-state index in [0.29, 0.717) is 6.54 Å². The molecule has 0 spiro atoms. The van der Waals surface area contributed by atoms with E-state index in [-0.39, 0.29) is 0 Å². The van der Waals surface area contributed by atoms with Gasteiger partial charge in [-0.2, -0.15) is 0 Å². The largest absolute Gasteiger partial charge is 0.326 e. The zero-order chi connectivity index (χ0) is 12.1. The molecule has 2 rings (SSSR count). The van der Waals surface area contributed by atoms with Crippen LogP contribution in [0.4, 0.5) is 0 Å². The Hall–Kier alpha value is -1.39. The molecule has 2 aromatic rings. The maximum Gasteiger partial charge on any atom is 0.187 e. The van der Waals surface area contributed by atoms with Gasteiger partial charge in [-0.3, -0.25) is 0 Å². The van der Waals surface area contributed by atoms with Crippen molar-refractivity contribution in [3.63, 3.8) is 0 Å². The summed E-state index contributed by atoms with van der Waals surface area (Å²) in [6.45, 7) is 2.59. The topological polar surface area (TPSA) is 51.8 Å². The lowest BCUT2D eigenvalue weighted by Crippen LogP contribution is -1.98. The van der Waals surface area contributed by atoms with Crippen molar-refractivity contribution in [1.82, 2.24) is 9.97 Å². The van der Waals surface area contributed by atoms with E-state index in [1.54, 1.807) is 24.2 Å². The number of thioether (sulfide) groups is 1. The summed E-state index contributed by atoms with van der Waals surface area (Å²) in [6.07, 6.45) is 3.57. The number of aromatic nitrogens is 2. The molecule has 0 radical (unpaired) electrons. The highest BCUT2D eigenvalue weighted by Gasteiger charge is 1.99. The summed E-state index contributed by atoms with van der Waals surface area (Å²) in [5, 5.41) is 0.795. The van der Waals surface area contributed by atoms with Gasteiger partial charge in [0.25, 0.3) is 0 Å². The van der Waals surface area contributed by atoms with Crippen LogP contribution in [0.1, 0.15) is 16.7 Å². The van der Waals surface area contributed by atoms with Gasteiger partial charge in [0.15, 0.2) is 5.16 Å². The summed E-state index contributed by atoms with van der Waals surface area (Å²) in [6, 6.07) is 8.47. The van der Waals surface area contributed by atoms with Gasteiger partial charge >= 0.3 is 0 Å². The lowest BCUT2D eigenvalue weighted by Gasteiger charge is -2.02. The van der Waals surface area contributed by atoms with Crippen molar-refractivity contribution in [3.05, 3.63) is 53.3 Å². The van der Waals surface area contributed by atoms with Crippen LogP contribution in [0.25, 0.3) is 0 Å². The van der Waals surface area contributed by atoms with Crippen molar-refractivity contribution in [3.8, 4) is 0 Å². The highest BCUT2D eigenvalue weighted by molar-refractivity contribution is 7.98. The van der Waals surface area contributed by atoms with Crippen LogP contribution in [0.5, 0.6) is 0 Å². The molecule has 17 heavy (non-hydrogen) atoms. The first kappa shape index (κ1) is 12.1. The van der Waals surface area contributed by atoms with E-state index in [9.17, 15) is 0 Å². The molecular weight excluding hydrogens is 230 g/mol. The molecule has 1 aromatic carbocycles. The van der Waals surface area contributed by atoms with Crippen LogP contribution in [0.3, 0.4) is 0 Å². The number of hydrogen-bond donors (Lipinski definition) is 1. The summed E-state index contributed by atoms with van der Waals surface area (Å²) in [4.78, 5) is 8.52. The average Bonchev–Trinajstić information content (AvgIpc) is 2.37. The van der Waals surface area contributed by atoms with E-state index in [2.05, 4.69) is 41.2 Å². The molecule has 3 nitrogen and oxygen atoms in total. The second-order valence-electron chi connectivity index (χ2n) is 3.86. The van der Waals surface area contributed by atoms with Gasteiger partial charge in [0, 0.05) is 30.3 Å². The van der Waals surface area contributed by atoms with E-state index in [1.807, 2.05) is 0 Å². The van der Waals surface area contributed by atoms with Gasteiger partial charge in [0.05, 0.1) is 0 Å². The Morgan fingerprint density at radius 3 is 2.59 bits per heavy atom. The van der Waals surface area contributed by atoms with Crippen LogP contribution in [-0.4, -0.2) is 9.97 Å². The number of nitrogens with zero attached hydrogens (tertiary/aromatic N) is 2. The van der Waals surface area contributed by atoms with Crippen molar-refractivity contribution in [2.24, 2.45) is 5.73 Å². The smallest absolute Gasteiger partial charge is 0.187 e. The molecule has 0 fully saturated rings. The second-order valence-corrected chi connectivity index (χ2v) is 4.80. The van der Waals surface area contributed by atoms with Crippen LogP contribution >= 0.6 is 11.8 Å². The minimum Gasteiger partial charge on any atom is -0.326 e. The third-order valence-corrected chi connectivity index (χ3v) is 3.31. The van der Waals surface area contributed by atoms with E-state index >= 15 is 0 Å². The quantitative estimate of drug-likeness (QED) is 0.664. The molecule has 4 heteroatoms. The minimum atomic E-state index is 0.489.